The highest BCUT2D eigenvalue weighted by atomic mass is 31.2. The van der Waals surface area contributed by atoms with E-state index in [0.717, 1.165) is 0 Å². The smallest absolute Gasteiger partial charge is 0.317 e. The van der Waals surface area contributed by atoms with Gasteiger partial charge in [0.05, 0.1) is 0 Å². The first-order valence-electron chi connectivity index (χ1n) is 4.04. The van der Waals surface area contributed by atoms with E-state index in [9.17, 15) is 9.36 Å². The van der Waals surface area contributed by atoms with Gasteiger partial charge in [0.25, 0.3) is 0 Å². The Bertz CT molecular complexity index is 300. The molecule has 0 aliphatic heterocycles. The second kappa shape index (κ2) is 4.63. The van der Waals surface area contributed by atoms with Crippen LogP contribution in [0, 0.1) is 12.3 Å². The fourth-order valence-corrected chi connectivity index (χ4v) is 1.31. The molecule has 0 rings (SSSR count). The van der Waals surface area contributed by atoms with Crippen molar-refractivity contribution in [1.82, 2.24) is 0 Å². The summed E-state index contributed by atoms with van der Waals surface area (Å²) in [6.45, 7) is 4.54. The summed E-state index contributed by atoms with van der Waals surface area (Å²) in [5.74, 6) is 1.69. The number of carbonyl (C=O) groups excluding carboxylic acids is 1. The molecule has 5 heteroatoms. The first-order chi connectivity index (χ1) is 6.22. The van der Waals surface area contributed by atoms with Gasteiger partial charge in [-0.15, -0.1) is 6.42 Å². The number of ether oxygens (including phenoxy) is 1. The molecule has 0 heterocycles. The summed E-state index contributed by atoms with van der Waals surface area (Å²) in [7, 11) is -1.58. The second-order valence-corrected chi connectivity index (χ2v) is 6.19. The molecule has 0 radical (unpaired) electrons. The van der Waals surface area contributed by atoms with E-state index >= 15 is 0 Å². The van der Waals surface area contributed by atoms with Gasteiger partial charge in [0.1, 0.15) is 6.16 Å². The van der Waals surface area contributed by atoms with E-state index in [4.69, 9.17) is 11.2 Å². The predicted octanol–water partition coefficient (Wildman–Crippen LogP) is 1.50. The average molecular weight is 218 g/mol. The molecule has 80 valence electrons. The van der Waals surface area contributed by atoms with Crippen LogP contribution in [0.15, 0.2) is 0 Å². The number of hydrogen-bond donors (Lipinski definition) is 0. The number of carbonyl (C=O) groups is 1. The molecule has 0 aliphatic rings. The van der Waals surface area contributed by atoms with Crippen LogP contribution in [0.1, 0.15) is 13.8 Å². The van der Waals surface area contributed by atoms with Crippen molar-refractivity contribution in [2.45, 2.75) is 19.4 Å². The van der Waals surface area contributed by atoms with Gasteiger partial charge >= 0.3 is 5.97 Å². The normalized spacial score (nSPS) is 15.4. The van der Waals surface area contributed by atoms with Gasteiger partial charge in [-0.2, -0.15) is 0 Å². The Morgan fingerprint density at radius 1 is 1.57 bits per heavy atom. The maximum atomic E-state index is 11.4. The van der Waals surface area contributed by atoms with Gasteiger partial charge < -0.3 is 9.26 Å². The Hall–Kier alpha value is -0.780. The summed E-state index contributed by atoms with van der Waals surface area (Å²) in [5.41, 5.74) is -0.967. The maximum absolute atomic E-state index is 11.4. The molecule has 1 atom stereocenters. The van der Waals surface area contributed by atoms with Gasteiger partial charge in [-0.1, -0.05) is 5.92 Å². The zero-order chi connectivity index (χ0) is 11.4. The van der Waals surface area contributed by atoms with Crippen molar-refractivity contribution in [3.05, 3.63) is 0 Å². The van der Waals surface area contributed by atoms with Crippen LogP contribution in [0.4, 0.5) is 0 Å². The summed E-state index contributed by atoms with van der Waals surface area (Å²) in [5, 5.41) is 0. The standard InChI is InChI=1S/C9H15O4P/c1-6-9(2,3)13-8(10)7-14(5,11)12-4/h1H,7H2,2-5H3. The predicted molar refractivity (Wildman–Crippen MR) is 54.4 cm³/mol. The monoisotopic (exact) mass is 218 g/mol. The van der Waals surface area contributed by atoms with Crippen LogP contribution < -0.4 is 0 Å². The highest BCUT2D eigenvalue weighted by Crippen LogP contribution is 2.41. The lowest BCUT2D eigenvalue weighted by Gasteiger charge is -2.19. The molecule has 14 heavy (non-hydrogen) atoms. The molecule has 0 aromatic heterocycles. The third-order valence-electron chi connectivity index (χ3n) is 1.52. The van der Waals surface area contributed by atoms with Crippen LogP contribution in [0.25, 0.3) is 0 Å². The van der Waals surface area contributed by atoms with Crippen LogP contribution in [0.2, 0.25) is 0 Å². The molecular formula is C9H15O4P. The van der Waals surface area contributed by atoms with Crippen LogP contribution in [-0.4, -0.2) is 31.5 Å². The Balaban J connectivity index is 4.28. The maximum Gasteiger partial charge on any atom is 0.317 e. The van der Waals surface area contributed by atoms with Crippen LogP contribution >= 0.6 is 7.37 Å². The molecule has 4 nitrogen and oxygen atoms in total. The first-order valence-corrected chi connectivity index (χ1v) is 6.30. The van der Waals surface area contributed by atoms with Crippen molar-refractivity contribution in [3.63, 3.8) is 0 Å². The fraction of sp³-hybridized carbons (Fsp3) is 0.667. The summed E-state index contributed by atoms with van der Waals surface area (Å²) >= 11 is 0. The lowest BCUT2D eigenvalue weighted by molar-refractivity contribution is -0.148. The fourth-order valence-electron chi connectivity index (χ4n) is 0.645. The summed E-state index contributed by atoms with van der Waals surface area (Å²) in [6.07, 6.45) is 4.87. The van der Waals surface area contributed by atoms with Gasteiger partial charge in [0.15, 0.2) is 5.60 Å². The number of rotatable bonds is 4. The van der Waals surface area contributed by atoms with Gasteiger partial charge in [-0.05, 0) is 13.8 Å². The topological polar surface area (TPSA) is 52.6 Å². The van der Waals surface area contributed by atoms with E-state index in [0.29, 0.717) is 0 Å². The molecule has 0 aromatic carbocycles. The molecule has 0 amide bonds. The van der Waals surface area contributed by atoms with Crippen LogP contribution in [-0.2, 0) is 18.6 Å². The molecule has 0 fully saturated rings. The highest BCUT2D eigenvalue weighted by Gasteiger charge is 2.25. The lowest BCUT2D eigenvalue weighted by Crippen LogP contribution is -2.27. The zero-order valence-corrected chi connectivity index (χ0v) is 9.76. The summed E-state index contributed by atoms with van der Waals surface area (Å²) in [4.78, 5) is 11.2. The second-order valence-electron chi connectivity index (χ2n) is 3.48. The Kier molecular flexibility index (Phi) is 4.38. The van der Waals surface area contributed by atoms with E-state index in [-0.39, 0.29) is 6.16 Å². The van der Waals surface area contributed by atoms with Crippen molar-refractivity contribution < 1.29 is 18.6 Å². The molecular weight excluding hydrogens is 203 g/mol. The number of hydrogen-bond acceptors (Lipinski definition) is 4. The lowest BCUT2D eigenvalue weighted by atomic mass is 10.1. The van der Waals surface area contributed by atoms with Crippen molar-refractivity contribution in [3.8, 4) is 12.3 Å². The van der Waals surface area contributed by atoms with Crippen LogP contribution in [0.3, 0.4) is 0 Å². The van der Waals surface area contributed by atoms with E-state index < -0.39 is 18.9 Å². The summed E-state index contributed by atoms with van der Waals surface area (Å²) < 4.78 is 20.9. The molecule has 0 saturated carbocycles. The van der Waals surface area contributed by atoms with E-state index in [1.165, 1.54) is 13.8 Å². The molecule has 0 spiro atoms. The van der Waals surface area contributed by atoms with Crippen molar-refractivity contribution in [2.24, 2.45) is 0 Å². The minimum atomic E-state index is -2.87. The molecule has 0 saturated heterocycles. The highest BCUT2D eigenvalue weighted by molar-refractivity contribution is 7.59. The Morgan fingerprint density at radius 2 is 2.07 bits per heavy atom. The largest absolute Gasteiger partial charge is 0.446 e. The minimum Gasteiger partial charge on any atom is -0.446 e. The average Bonchev–Trinajstić information content (AvgIpc) is 2.02. The van der Waals surface area contributed by atoms with Gasteiger partial charge in [0.2, 0.25) is 7.37 Å². The minimum absolute atomic E-state index is 0.255. The van der Waals surface area contributed by atoms with Gasteiger partial charge in [-0.3, -0.25) is 9.36 Å². The summed E-state index contributed by atoms with van der Waals surface area (Å²) in [6, 6.07) is 0. The number of esters is 1. The molecule has 0 bridgehead atoms. The van der Waals surface area contributed by atoms with E-state index in [1.807, 2.05) is 0 Å². The van der Waals surface area contributed by atoms with E-state index in [1.54, 1.807) is 13.8 Å². The molecule has 1 unspecified atom stereocenters. The molecule has 0 aliphatic carbocycles. The molecule has 0 N–H and O–H groups in total. The van der Waals surface area contributed by atoms with Crippen molar-refractivity contribution in [2.75, 3.05) is 19.9 Å². The van der Waals surface area contributed by atoms with Gasteiger partial charge in [0, 0.05) is 13.8 Å². The molecule has 0 aromatic rings. The van der Waals surface area contributed by atoms with Crippen molar-refractivity contribution >= 4 is 13.3 Å². The Labute approximate surface area is 84.4 Å². The Morgan fingerprint density at radius 3 is 2.43 bits per heavy atom. The van der Waals surface area contributed by atoms with E-state index in [2.05, 4.69) is 10.4 Å². The van der Waals surface area contributed by atoms with Crippen LogP contribution in [0.5, 0.6) is 0 Å². The van der Waals surface area contributed by atoms with Gasteiger partial charge in [-0.25, -0.2) is 0 Å². The third kappa shape index (κ3) is 5.06. The SMILES string of the molecule is C#CC(C)(C)OC(=O)CP(C)(=O)OC. The van der Waals surface area contributed by atoms with Crippen molar-refractivity contribution in [1.29, 1.82) is 0 Å². The number of terminal acetylenes is 1. The first kappa shape index (κ1) is 13.2. The zero-order valence-electron chi connectivity index (χ0n) is 8.86. The quantitative estimate of drug-likeness (QED) is 0.407. The third-order valence-corrected chi connectivity index (χ3v) is 3.12.